The summed E-state index contributed by atoms with van der Waals surface area (Å²) in [5, 5.41) is 0. The van der Waals surface area contributed by atoms with Gasteiger partial charge < -0.3 is 15.5 Å². The average Bonchev–Trinajstić information content (AvgIpc) is 2.53. The summed E-state index contributed by atoms with van der Waals surface area (Å²) in [5.41, 5.74) is 5.67. The molecule has 1 fully saturated rings. The molecule has 116 valence electrons. The van der Waals surface area contributed by atoms with Gasteiger partial charge in [-0.3, -0.25) is 4.79 Å². The molecule has 1 saturated heterocycles. The summed E-state index contributed by atoms with van der Waals surface area (Å²) in [7, 11) is 0. The molecule has 2 N–H and O–H groups in total. The minimum Gasteiger partial charge on any atom is -0.339 e. The molecule has 0 saturated carbocycles. The first-order valence-corrected chi connectivity index (χ1v) is 8.13. The van der Waals surface area contributed by atoms with E-state index in [2.05, 4.69) is 37.7 Å². The first-order chi connectivity index (χ1) is 10.1. The van der Waals surface area contributed by atoms with Crippen molar-refractivity contribution in [1.29, 1.82) is 0 Å². The number of hydrogen-bond donors (Lipinski definition) is 1. The zero-order valence-corrected chi connectivity index (χ0v) is 13.9. The Morgan fingerprint density at radius 3 is 2.48 bits per heavy atom. The topological polar surface area (TPSA) is 75.4 Å². The molecule has 1 aromatic heterocycles. The molecule has 0 aromatic carbocycles. The van der Waals surface area contributed by atoms with Crippen LogP contribution in [0.5, 0.6) is 0 Å². The fourth-order valence-electron chi connectivity index (χ4n) is 2.40. The maximum absolute atomic E-state index is 12.2. The third-order valence-corrected chi connectivity index (χ3v) is 4.31. The number of halogens is 1. The zero-order chi connectivity index (χ0) is 15.2. The molecular formula is C14H22BrN5O. The number of nitrogens with two attached hydrogens (primary N) is 1. The third-order valence-electron chi connectivity index (χ3n) is 3.90. The fraction of sp³-hybridized carbons (Fsp3) is 0.643. The number of aromatic nitrogens is 2. The maximum atomic E-state index is 12.2. The number of rotatable bonds is 5. The third kappa shape index (κ3) is 4.38. The number of carbonyl (C=O) groups is 1. The lowest BCUT2D eigenvalue weighted by Crippen LogP contribution is -2.49. The molecule has 2 rings (SSSR count). The van der Waals surface area contributed by atoms with Gasteiger partial charge in [0.15, 0.2) is 0 Å². The summed E-state index contributed by atoms with van der Waals surface area (Å²) in [4.78, 5) is 24.8. The Balaban J connectivity index is 1.85. The highest BCUT2D eigenvalue weighted by Gasteiger charge is 2.23. The summed E-state index contributed by atoms with van der Waals surface area (Å²) in [6, 6.07) is 0. The Labute approximate surface area is 133 Å². The van der Waals surface area contributed by atoms with Crippen molar-refractivity contribution in [3.05, 3.63) is 16.9 Å². The minimum absolute atomic E-state index is 0.212. The molecule has 0 radical (unpaired) electrons. The van der Waals surface area contributed by atoms with Crippen LogP contribution < -0.4 is 10.6 Å². The van der Waals surface area contributed by atoms with Crippen molar-refractivity contribution < 1.29 is 4.79 Å². The molecule has 1 aliphatic heterocycles. The summed E-state index contributed by atoms with van der Waals surface area (Å²) >= 11 is 3.33. The van der Waals surface area contributed by atoms with Crippen LogP contribution in [-0.4, -0.2) is 53.5 Å². The first kappa shape index (κ1) is 16.2. The molecule has 0 aliphatic carbocycles. The minimum atomic E-state index is 0.212. The standard InChI is InChI=1S/C14H22BrN5O/c1-2-11(8-16)7-13(21)19-3-5-20(6-4-19)14-17-9-12(15)10-18-14/h9-11H,2-8,16H2,1H3. The quantitative estimate of drug-likeness (QED) is 0.860. The maximum Gasteiger partial charge on any atom is 0.225 e. The van der Waals surface area contributed by atoms with Gasteiger partial charge >= 0.3 is 0 Å². The van der Waals surface area contributed by atoms with Gasteiger partial charge in [-0.15, -0.1) is 0 Å². The van der Waals surface area contributed by atoms with Crippen molar-refractivity contribution in [2.45, 2.75) is 19.8 Å². The van der Waals surface area contributed by atoms with Crippen molar-refractivity contribution in [1.82, 2.24) is 14.9 Å². The second-order valence-electron chi connectivity index (χ2n) is 5.28. The summed E-state index contributed by atoms with van der Waals surface area (Å²) < 4.78 is 0.868. The summed E-state index contributed by atoms with van der Waals surface area (Å²) in [5.74, 6) is 1.23. The van der Waals surface area contributed by atoms with Crippen LogP contribution in [0.2, 0.25) is 0 Å². The van der Waals surface area contributed by atoms with Gasteiger partial charge in [0.05, 0.1) is 4.47 Å². The zero-order valence-electron chi connectivity index (χ0n) is 12.3. The molecular weight excluding hydrogens is 334 g/mol. The van der Waals surface area contributed by atoms with Crippen LogP contribution in [0.1, 0.15) is 19.8 Å². The van der Waals surface area contributed by atoms with Gasteiger partial charge in [0.2, 0.25) is 11.9 Å². The lowest BCUT2D eigenvalue weighted by molar-refractivity contribution is -0.132. The van der Waals surface area contributed by atoms with Crippen molar-refractivity contribution in [3.63, 3.8) is 0 Å². The number of carbonyl (C=O) groups excluding carboxylic acids is 1. The van der Waals surface area contributed by atoms with Crippen molar-refractivity contribution in [2.24, 2.45) is 11.7 Å². The molecule has 1 aromatic rings. The highest BCUT2D eigenvalue weighted by Crippen LogP contribution is 2.15. The van der Waals surface area contributed by atoms with Gasteiger partial charge in [-0.2, -0.15) is 0 Å². The fourth-order valence-corrected chi connectivity index (χ4v) is 2.60. The van der Waals surface area contributed by atoms with Crippen LogP contribution in [0, 0.1) is 5.92 Å². The SMILES string of the molecule is CCC(CN)CC(=O)N1CCN(c2ncc(Br)cn2)CC1. The molecule has 2 heterocycles. The number of amides is 1. The highest BCUT2D eigenvalue weighted by molar-refractivity contribution is 9.10. The van der Waals surface area contributed by atoms with E-state index in [1.54, 1.807) is 12.4 Å². The second-order valence-corrected chi connectivity index (χ2v) is 6.20. The number of piperazine rings is 1. The van der Waals surface area contributed by atoms with Crippen molar-refractivity contribution >= 4 is 27.8 Å². The molecule has 0 bridgehead atoms. The Morgan fingerprint density at radius 2 is 1.95 bits per heavy atom. The van der Waals surface area contributed by atoms with E-state index in [4.69, 9.17) is 5.73 Å². The number of anilines is 1. The molecule has 21 heavy (non-hydrogen) atoms. The Morgan fingerprint density at radius 1 is 1.33 bits per heavy atom. The molecule has 6 nitrogen and oxygen atoms in total. The Hall–Kier alpha value is -1.21. The number of nitrogens with zero attached hydrogens (tertiary/aromatic N) is 4. The first-order valence-electron chi connectivity index (χ1n) is 7.34. The van der Waals surface area contributed by atoms with E-state index in [1.807, 2.05) is 4.90 Å². The normalized spacial score (nSPS) is 16.9. The summed E-state index contributed by atoms with van der Waals surface area (Å²) in [6.45, 7) is 5.64. The lowest BCUT2D eigenvalue weighted by atomic mass is 10.0. The summed E-state index contributed by atoms with van der Waals surface area (Å²) in [6.07, 6.45) is 5.00. The van der Waals surface area contributed by atoms with E-state index in [1.165, 1.54) is 0 Å². The van der Waals surface area contributed by atoms with E-state index in [0.29, 0.717) is 18.9 Å². The van der Waals surface area contributed by atoms with E-state index in [9.17, 15) is 4.79 Å². The average molecular weight is 356 g/mol. The van der Waals surface area contributed by atoms with Crippen LogP contribution in [0.4, 0.5) is 5.95 Å². The molecule has 7 heteroatoms. The van der Waals surface area contributed by atoms with Gasteiger partial charge in [0, 0.05) is 45.0 Å². The molecule has 1 atom stereocenters. The van der Waals surface area contributed by atoms with Gasteiger partial charge in [-0.05, 0) is 28.4 Å². The molecule has 1 aliphatic rings. The second kappa shape index (κ2) is 7.70. The molecule has 0 spiro atoms. The van der Waals surface area contributed by atoms with E-state index in [0.717, 1.165) is 43.0 Å². The van der Waals surface area contributed by atoms with Gasteiger partial charge in [-0.25, -0.2) is 9.97 Å². The van der Waals surface area contributed by atoms with Gasteiger partial charge in [-0.1, -0.05) is 13.3 Å². The van der Waals surface area contributed by atoms with Crippen molar-refractivity contribution in [2.75, 3.05) is 37.6 Å². The van der Waals surface area contributed by atoms with Crippen molar-refractivity contribution in [3.8, 4) is 0 Å². The van der Waals surface area contributed by atoms with Gasteiger partial charge in [0.25, 0.3) is 0 Å². The van der Waals surface area contributed by atoms with E-state index >= 15 is 0 Å². The molecule has 1 unspecified atom stereocenters. The van der Waals surface area contributed by atoms with Crippen LogP contribution in [0.3, 0.4) is 0 Å². The van der Waals surface area contributed by atoms with Crippen LogP contribution in [0.25, 0.3) is 0 Å². The predicted molar refractivity (Wildman–Crippen MR) is 86.0 cm³/mol. The highest BCUT2D eigenvalue weighted by atomic mass is 79.9. The molecule has 1 amide bonds. The van der Waals surface area contributed by atoms with Gasteiger partial charge in [0.1, 0.15) is 0 Å². The smallest absolute Gasteiger partial charge is 0.225 e. The lowest BCUT2D eigenvalue weighted by Gasteiger charge is -2.35. The van der Waals surface area contributed by atoms with Crippen LogP contribution in [-0.2, 0) is 4.79 Å². The monoisotopic (exact) mass is 355 g/mol. The van der Waals surface area contributed by atoms with Crippen LogP contribution in [0.15, 0.2) is 16.9 Å². The Kier molecular flexibility index (Phi) is 5.93. The number of hydrogen-bond acceptors (Lipinski definition) is 5. The predicted octanol–water partition coefficient (Wildman–Crippen LogP) is 1.26. The Bertz CT molecular complexity index is 455. The van der Waals surface area contributed by atoms with E-state index < -0.39 is 0 Å². The van der Waals surface area contributed by atoms with Crippen LogP contribution >= 0.6 is 15.9 Å². The van der Waals surface area contributed by atoms with E-state index in [-0.39, 0.29) is 5.91 Å². The largest absolute Gasteiger partial charge is 0.339 e.